The Hall–Kier alpha value is -0.870. The van der Waals surface area contributed by atoms with Gasteiger partial charge in [-0.25, -0.2) is 0 Å². The molecular weight excluding hydrogens is 268 g/mol. The summed E-state index contributed by atoms with van der Waals surface area (Å²) in [5.74, 6) is 0.00572. The number of nitrogens with one attached hydrogen (secondary N) is 2. The first kappa shape index (κ1) is 13.2. The van der Waals surface area contributed by atoms with Gasteiger partial charge in [-0.05, 0) is 31.0 Å². The number of carbonyl (C=O) groups is 1. The summed E-state index contributed by atoms with van der Waals surface area (Å²) in [7, 11) is 1.64. The van der Waals surface area contributed by atoms with Crippen LogP contribution in [-0.4, -0.2) is 19.0 Å². The highest BCUT2D eigenvalue weighted by molar-refractivity contribution is 9.10. The van der Waals surface area contributed by atoms with E-state index in [-0.39, 0.29) is 11.9 Å². The van der Waals surface area contributed by atoms with Crippen molar-refractivity contribution in [2.24, 2.45) is 0 Å². The van der Waals surface area contributed by atoms with Gasteiger partial charge in [0.05, 0.1) is 6.04 Å². The molecule has 0 bridgehead atoms. The highest BCUT2D eigenvalue weighted by atomic mass is 79.9. The number of benzene rings is 1. The van der Waals surface area contributed by atoms with E-state index in [0.29, 0.717) is 6.54 Å². The third-order valence-corrected chi connectivity index (χ3v) is 3.34. The maximum absolute atomic E-state index is 11.3. The molecule has 0 aromatic heterocycles. The normalized spacial score (nSPS) is 12.2. The van der Waals surface area contributed by atoms with Gasteiger partial charge in [-0.15, -0.1) is 0 Å². The van der Waals surface area contributed by atoms with Crippen LogP contribution in [0.2, 0.25) is 0 Å². The van der Waals surface area contributed by atoms with Gasteiger partial charge in [0.1, 0.15) is 0 Å². The van der Waals surface area contributed by atoms with Crippen LogP contribution in [-0.2, 0) is 11.3 Å². The van der Waals surface area contributed by atoms with E-state index in [0.717, 1.165) is 10.0 Å². The molecule has 1 aromatic carbocycles. The first-order valence-electron chi connectivity index (χ1n) is 5.24. The van der Waals surface area contributed by atoms with Crippen molar-refractivity contribution in [2.45, 2.75) is 26.4 Å². The Labute approximate surface area is 105 Å². The Balaban J connectivity index is 2.55. The summed E-state index contributed by atoms with van der Waals surface area (Å²) < 4.78 is 1.10. The van der Waals surface area contributed by atoms with Crippen molar-refractivity contribution in [1.82, 2.24) is 10.6 Å². The van der Waals surface area contributed by atoms with E-state index >= 15 is 0 Å². The second kappa shape index (κ2) is 6.01. The lowest BCUT2D eigenvalue weighted by Crippen LogP contribution is -2.40. The third kappa shape index (κ3) is 3.61. The molecule has 0 aliphatic carbocycles. The summed E-state index contributed by atoms with van der Waals surface area (Å²) in [5.41, 5.74) is 2.37. The first-order valence-corrected chi connectivity index (χ1v) is 6.04. The highest BCUT2D eigenvalue weighted by Gasteiger charge is 2.09. The van der Waals surface area contributed by atoms with Crippen LogP contribution in [0.1, 0.15) is 18.1 Å². The Morgan fingerprint density at radius 1 is 1.50 bits per heavy atom. The largest absolute Gasteiger partial charge is 0.358 e. The van der Waals surface area contributed by atoms with Crippen LogP contribution in [0.4, 0.5) is 0 Å². The van der Waals surface area contributed by atoms with Crippen LogP contribution in [0.5, 0.6) is 0 Å². The van der Waals surface area contributed by atoms with E-state index < -0.39 is 0 Å². The number of likely N-dealkylation sites (N-methyl/N-ethyl adjacent to an activating group) is 1. The molecule has 0 aliphatic heterocycles. The molecule has 3 nitrogen and oxygen atoms in total. The third-order valence-electron chi connectivity index (χ3n) is 2.49. The van der Waals surface area contributed by atoms with Gasteiger partial charge >= 0.3 is 0 Å². The zero-order valence-corrected chi connectivity index (χ0v) is 11.4. The molecule has 1 amide bonds. The molecule has 1 rings (SSSR count). The van der Waals surface area contributed by atoms with Crippen LogP contribution >= 0.6 is 15.9 Å². The highest BCUT2D eigenvalue weighted by Crippen LogP contribution is 2.17. The maximum Gasteiger partial charge on any atom is 0.236 e. The smallest absolute Gasteiger partial charge is 0.236 e. The predicted octanol–water partition coefficient (Wildman–Crippen LogP) is 1.98. The minimum atomic E-state index is -0.176. The van der Waals surface area contributed by atoms with Crippen molar-refractivity contribution in [3.05, 3.63) is 33.8 Å². The number of carbonyl (C=O) groups excluding carboxylic acids is 1. The number of rotatable bonds is 4. The molecule has 16 heavy (non-hydrogen) atoms. The van der Waals surface area contributed by atoms with Crippen molar-refractivity contribution in [3.63, 3.8) is 0 Å². The second-order valence-corrected chi connectivity index (χ2v) is 4.65. The summed E-state index contributed by atoms with van der Waals surface area (Å²) in [6.07, 6.45) is 0. The molecule has 0 spiro atoms. The summed E-state index contributed by atoms with van der Waals surface area (Å²) in [4.78, 5) is 11.3. The van der Waals surface area contributed by atoms with E-state index in [1.807, 2.05) is 6.92 Å². The van der Waals surface area contributed by atoms with Crippen molar-refractivity contribution in [3.8, 4) is 0 Å². The molecule has 0 saturated heterocycles. The Morgan fingerprint density at radius 3 is 2.75 bits per heavy atom. The lowest BCUT2D eigenvalue weighted by molar-refractivity contribution is -0.122. The predicted molar refractivity (Wildman–Crippen MR) is 69.2 cm³/mol. The fourth-order valence-corrected chi connectivity index (χ4v) is 1.75. The molecule has 0 radical (unpaired) electrons. The second-order valence-electron chi connectivity index (χ2n) is 3.80. The lowest BCUT2D eigenvalue weighted by atomic mass is 10.1. The molecule has 1 aromatic rings. The standard InChI is InChI=1S/C12H17BrN2O/c1-8-4-5-10(6-11(8)13)7-15-9(2)12(16)14-3/h4-6,9,15H,7H2,1-3H3,(H,14,16). The average Bonchev–Trinajstić information content (AvgIpc) is 2.29. The van der Waals surface area contributed by atoms with Crippen LogP contribution in [0.15, 0.2) is 22.7 Å². The minimum absolute atomic E-state index is 0.00572. The van der Waals surface area contributed by atoms with Crippen LogP contribution in [0, 0.1) is 6.92 Å². The maximum atomic E-state index is 11.3. The van der Waals surface area contributed by atoms with E-state index in [4.69, 9.17) is 0 Å². The van der Waals surface area contributed by atoms with Gasteiger partial charge in [0.2, 0.25) is 5.91 Å². The van der Waals surface area contributed by atoms with Crippen LogP contribution in [0.3, 0.4) is 0 Å². The molecule has 0 fully saturated rings. The topological polar surface area (TPSA) is 41.1 Å². The number of hydrogen-bond acceptors (Lipinski definition) is 2. The van der Waals surface area contributed by atoms with Gasteiger partial charge in [0.15, 0.2) is 0 Å². The van der Waals surface area contributed by atoms with E-state index in [9.17, 15) is 4.79 Å². The molecule has 0 saturated carbocycles. The summed E-state index contributed by atoms with van der Waals surface area (Å²) >= 11 is 3.49. The van der Waals surface area contributed by atoms with Crippen molar-refractivity contribution in [1.29, 1.82) is 0 Å². The lowest BCUT2D eigenvalue weighted by Gasteiger charge is -2.12. The zero-order chi connectivity index (χ0) is 12.1. The summed E-state index contributed by atoms with van der Waals surface area (Å²) in [6.45, 7) is 4.59. The van der Waals surface area contributed by atoms with E-state index in [1.165, 1.54) is 5.56 Å². The fraction of sp³-hybridized carbons (Fsp3) is 0.417. The SMILES string of the molecule is CNC(=O)C(C)NCc1ccc(C)c(Br)c1. The fourth-order valence-electron chi connectivity index (χ4n) is 1.33. The number of hydrogen-bond donors (Lipinski definition) is 2. The molecule has 1 atom stereocenters. The van der Waals surface area contributed by atoms with Gasteiger partial charge in [-0.1, -0.05) is 28.1 Å². The molecule has 4 heteroatoms. The molecule has 0 heterocycles. The molecule has 88 valence electrons. The number of halogens is 1. The van der Waals surface area contributed by atoms with Gasteiger partial charge < -0.3 is 10.6 Å². The number of aryl methyl sites for hydroxylation is 1. The number of amides is 1. The minimum Gasteiger partial charge on any atom is -0.358 e. The molecule has 2 N–H and O–H groups in total. The molecule has 0 aliphatic rings. The average molecular weight is 285 g/mol. The van der Waals surface area contributed by atoms with Crippen molar-refractivity contribution >= 4 is 21.8 Å². The summed E-state index contributed by atoms with van der Waals surface area (Å²) in [5, 5.41) is 5.77. The quantitative estimate of drug-likeness (QED) is 0.888. The van der Waals surface area contributed by atoms with Gasteiger partial charge in [-0.3, -0.25) is 4.79 Å². The van der Waals surface area contributed by atoms with Gasteiger partial charge in [0.25, 0.3) is 0 Å². The molecule has 1 unspecified atom stereocenters. The van der Waals surface area contributed by atoms with Crippen molar-refractivity contribution in [2.75, 3.05) is 7.05 Å². The monoisotopic (exact) mass is 284 g/mol. The Kier molecular flexibility index (Phi) is 4.96. The van der Waals surface area contributed by atoms with E-state index in [2.05, 4.69) is 51.7 Å². The van der Waals surface area contributed by atoms with Gasteiger partial charge in [-0.2, -0.15) is 0 Å². The van der Waals surface area contributed by atoms with Crippen molar-refractivity contribution < 1.29 is 4.79 Å². The van der Waals surface area contributed by atoms with E-state index in [1.54, 1.807) is 7.05 Å². The summed E-state index contributed by atoms with van der Waals surface area (Å²) in [6, 6.07) is 6.01. The van der Waals surface area contributed by atoms with Gasteiger partial charge in [0, 0.05) is 18.1 Å². The first-order chi connectivity index (χ1) is 7.54. The van der Waals surface area contributed by atoms with Crippen LogP contribution in [0.25, 0.3) is 0 Å². The Morgan fingerprint density at radius 2 is 2.19 bits per heavy atom. The zero-order valence-electron chi connectivity index (χ0n) is 9.80. The van der Waals surface area contributed by atoms with Crippen LogP contribution < -0.4 is 10.6 Å². The molecular formula is C12H17BrN2O. The Bertz CT molecular complexity index is 379.